The second-order valence-corrected chi connectivity index (χ2v) is 3.65. The summed E-state index contributed by atoms with van der Waals surface area (Å²) in [5.74, 6) is 6.74. The van der Waals surface area contributed by atoms with Crippen molar-refractivity contribution in [2.75, 3.05) is 0 Å². The molecule has 11 heavy (non-hydrogen) atoms. The molecular weight excluding hydrogens is 140 g/mol. The topological polar surface area (TPSA) is 55.1 Å². The highest BCUT2D eigenvalue weighted by atomic mass is 16.2. The lowest BCUT2D eigenvalue weighted by Crippen LogP contribution is -2.32. The standard InChI is InChI=1S/C8H14N2O/c9-10-8(11)7-5-3-1-2-4-6(5)7/h5-7H,1-4,9H2,(H,10,11)/t5-,6-/m1/s1. The molecule has 0 heterocycles. The van der Waals surface area contributed by atoms with E-state index in [9.17, 15) is 4.79 Å². The van der Waals surface area contributed by atoms with Crippen LogP contribution in [-0.4, -0.2) is 5.91 Å². The molecule has 2 atom stereocenters. The molecule has 1 amide bonds. The molecule has 0 radical (unpaired) electrons. The molecule has 2 rings (SSSR count). The second kappa shape index (κ2) is 2.48. The quantitative estimate of drug-likeness (QED) is 0.326. The summed E-state index contributed by atoms with van der Waals surface area (Å²) in [5, 5.41) is 0. The molecule has 0 saturated heterocycles. The molecule has 0 spiro atoms. The number of amides is 1. The van der Waals surface area contributed by atoms with E-state index in [0.717, 1.165) is 0 Å². The molecule has 0 aliphatic heterocycles. The number of nitrogens with one attached hydrogen (secondary N) is 1. The Hall–Kier alpha value is -0.570. The molecule has 0 aromatic rings. The van der Waals surface area contributed by atoms with Gasteiger partial charge in [-0.3, -0.25) is 10.2 Å². The molecule has 2 saturated carbocycles. The van der Waals surface area contributed by atoms with Crippen molar-refractivity contribution in [2.24, 2.45) is 23.6 Å². The number of nitrogens with two attached hydrogens (primary N) is 1. The molecule has 3 N–H and O–H groups in total. The summed E-state index contributed by atoms with van der Waals surface area (Å²) in [6.07, 6.45) is 5.08. The van der Waals surface area contributed by atoms with E-state index in [-0.39, 0.29) is 11.8 Å². The number of rotatable bonds is 1. The van der Waals surface area contributed by atoms with E-state index >= 15 is 0 Å². The summed E-state index contributed by atoms with van der Waals surface area (Å²) in [6.45, 7) is 0. The summed E-state index contributed by atoms with van der Waals surface area (Å²) < 4.78 is 0. The number of hydrogen-bond donors (Lipinski definition) is 2. The van der Waals surface area contributed by atoms with Gasteiger partial charge in [0.05, 0.1) is 0 Å². The van der Waals surface area contributed by atoms with Crippen LogP contribution in [0.4, 0.5) is 0 Å². The average molecular weight is 154 g/mol. The zero-order valence-corrected chi connectivity index (χ0v) is 6.55. The third kappa shape index (κ3) is 1.03. The first-order valence-corrected chi connectivity index (χ1v) is 4.35. The lowest BCUT2D eigenvalue weighted by atomic mass is 10.0. The fourth-order valence-corrected chi connectivity index (χ4v) is 2.48. The Morgan fingerprint density at radius 1 is 1.27 bits per heavy atom. The molecule has 0 aromatic heterocycles. The minimum absolute atomic E-state index is 0.0573. The maximum absolute atomic E-state index is 11.1. The third-order valence-corrected chi connectivity index (χ3v) is 3.10. The third-order valence-electron chi connectivity index (χ3n) is 3.10. The van der Waals surface area contributed by atoms with Crippen LogP contribution in [0.25, 0.3) is 0 Å². The van der Waals surface area contributed by atoms with Crippen LogP contribution < -0.4 is 11.3 Å². The van der Waals surface area contributed by atoms with Gasteiger partial charge < -0.3 is 0 Å². The van der Waals surface area contributed by atoms with Crippen LogP contribution in [0.2, 0.25) is 0 Å². The molecule has 0 aromatic carbocycles. The van der Waals surface area contributed by atoms with Gasteiger partial charge in [0, 0.05) is 5.92 Å². The Kier molecular flexibility index (Phi) is 1.60. The van der Waals surface area contributed by atoms with E-state index in [1.54, 1.807) is 0 Å². The molecule has 2 fully saturated rings. The van der Waals surface area contributed by atoms with Gasteiger partial charge in [0.2, 0.25) is 5.91 Å². The van der Waals surface area contributed by atoms with Crippen LogP contribution in [0.5, 0.6) is 0 Å². The molecule has 2 aliphatic carbocycles. The van der Waals surface area contributed by atoms with E-state index in [1.165, 1.54) is 25.7 Å². The van der Waals surface area contributed by atoms with E-state index in [2.05, 4.69) is 5.43 Å². The smallest absolute Gasteiger partial charge is 0.237 e. The summed E-state index contributed by atoms with van der Waals surface area (Å²) in [5.41, 5.74) is 2.24. The van der Waals surface area contributed by atoms with Crippen molar-refractivity contribution in [3.63, 3.8) is 0 Å². The zero-order chi connectivity index (χ0) is 7.84. The number of fused-ring (bicyclic) bond motifs is 1. The maximum atomic E-state index is 11.1. The van der Waals surface area contributed by atoms with E-state index in [1.807, 2.05) is 0 Å². The molecular formula is C8H14N2O. The van der Waals surface area contributed by atoms with Gasteiger partial charge in [-0.2, -0.15) is 0 Å². The van der Waals surface area contributed by atoms with Gasteiger partial charge in [-0.1, -0.05) is 12.8 Å². The molecule has 0 bridgehead atoms. The normalized spacial score (nSPS) is 41.0. The highest BCUT2D eigenvalue weighted by Gasteiger charge is 2.54. The van der Waals surface area contributed by atoms with Crippen molar-refractivity contribution >= 4 is 5.91 Å². The van der Waals surface area contributed by atoms with Crippen LogP contribution in [0.3, 0.4) is 0 Å². The van der Waals surface area contributed by atoms with E-state index < -0.39 is 0 Å². The summed E-state index contributed by atoms with van der Waals surface area (Å²) in [7, 11) is 0. The minimum atomic E-state index is 0.0573. The van der Waals surface area contributed by atoms with Crippen LogP contribution in [0.1, 0.15) is 25.7 Å². The van der Waals surface area contributed by atoms with Crippen LogP contribution in [-0.2, 0) is 4.79 Å². The van der Waals surface area contributed by atoms with Crippen molar-refractivity contribution in [3.8, 4) is 0 Å². The number of carbonyl (C=O) groups excluding carboxylic acids is 1. The summed E-state index contributed by atoms with van der Waals surface area (Å²) in [4.78, 5) is 11.1. The lowest BCUT2D eigenvalue weighted by molar-refractivity contribution is -0.122. The van der Waals surface area contributed by atoms with Crippen molar-refractivity contribution < 1.29 is 4.79 Å². The fraction of sp³-hybridized carbons (Fsp3) is 0.875. The van der Waals surface area contributed by atoms with Gasteiger partial charge in [0.1, 0.15) is 0 Å². The molecule has 3 nitrogen and oxygen atoms in total. The van der Waals surface area contributed by atoms with E-state index in [4.69, 9.17) is 5.84 Å². The first-order chi connectivity index (χ1) is 5.34. The molecule has 62 valence electrons. The molecule has 3 heteroatoms. The van der Waals surface area contributed by atoms with Crippen molar-refractivity contribution in [1.29, 1.82) is 0 Å². The first kappa shape index (κ1) is 7.10. The van der Waals surface area contributed by atoms with Gasteiger partial charge in [0.25, 0.3) is 0 Å². The Balaban J connectivity index is 1.94. The largest absolute Gasteiger partial charge is 0.294 e. The maximum Gasteiger partial charge on any atom is 0.237 e. The van der Waals surface area contributed by atoms with Gasteiger partial charge in [-0.25, -0.2) is 5.84 Å². The Labute approximate surface area is 66.3 Å². The van der Waals surface area contributed by atoms with E-state index in [0.29, 0.717) is 11.8 Å². The van der Waals surface area contributed by atoms with Crippen molar-refractivity contribution in [1.82, 2.24) is 5.43 Å². The van der Waals surface area contributed by atoms with Crippen LogP contribution in [0.15, 0.2) is 0 Å². The Morgan fingerprint density at radius 3 is 2.27 bits per heavy atom. The van der Waals surface area contributed by atoms with Crippen LogP contribution in [0, 0.1) is 17.8 Å². The van der Waals surface area contributed by atoms with Gasteiger partial charge >= 0.3 is 0 Å². The SMILES string of the molecule is NNC(=O)C1[C@@H]2CCCC[C@@H]12. The Bertz CT molecular complexity index is 169. The predicted octanol–water partition coefficient (Wildman–Crippen LogP) is 0.412. The minimum Gasteiger partial charge on any atom is -0.294 e. The van der Waals surface area contributed by atoms with Gasteiger partial charge in [-0.15, -0.1) is 0 Å². The Morgan fingerprint density at radius 2 is 1.82 bits per heavy atom. The molecule has 2 aliphatic rings. The van der Waals surface area contributed by atoms with Crippen molar-refractivity contribution in [2.45, 2.75) is 25.7 Å². The zero-order valence-electron chi connectivity index (χ0n) is 6.55. The highest BCUT2D eigenvalue weighted by molar-refractivity contribution is 5.81. The average Bonchev–Trinajstić information content (AvgIpc) is 2.77. The first-order valence-electron chi connectivity index (χ1n) is 4.35. The monoisotopic (exact) mass is 154 g/mol. The number of hydrazine groups is 1. The lowest BCUT2D eigenvalue weighted by Gasteiger charge is -2.04. The predicted molar refractivity (Wildman–Crippen MR) is 41.3 cm³/mol. The molecule has 0 unspecified atom stereocenters. The number of hydrogen-bond acceptors (Lipinski definition) is 2. The second-order valence-electron chi connectivity index (χ2n) is 3.65. The fourth-order valence-electron chi connectivity index (χ4n) is 2.48. The van der Waals surface area contributed by atoms with Gasteiger partial charge in [-0.05, 0) is 24.7 Å². The highest BCUT2D eigenvalue weighted by Crippen LogP contribution is 2.55. The summed E-state index contributed by atoms with van der Waals surface area (Å²) >= 11 is 0. The van der Waals surface area contributed by atoms with Crippen molar-refractivity contribution in [3.05, 3.63) is 0 Å². The number of carbonyl (C=O) groups is 1. The van der Waals surface area contributed by atoms with Crippen LogP contribution >= 0.6 is 0 Å². The summed E-state index contributed by atoms with van der Waals surface area (Å²) in [6, 6.07) is 0. The van der Waals surface area contributed by atoms with Gasteiger partial charge in [0.15, 0.2) is 0 Å².